The van der Waals surface area contributed by atoms with E-state index >= 15 is 0 Å². The second-order valence-electron chi connectivity index (χ2n) is 7.15. The lowest BCUT2D eigenvalue weighted by Crippen LogP contribution is -2.14. The van der Waals surface area contributed by atoms with Gasteiger partial charge in [-0.15, -0.1) is 5.10 Å². The van der Waals surface area contributed by atoms with Gasteiger partial charge in [0.15, 0.2) is 11.5 Å². The molecule has 1 aliphatic rings. The number of amides is 1. The minimum Gasteiger partial charge on any atom is -0.373 e. The molecule has 8 nitrogen and oxygen atoms in total. The predicted octanol–water partition coefficient (Wildman–Crippen LogP) is 3.67. The van der Waals surface area contributed by atoms with Gasteiger partial charge in [-0.05, 0) is 31.0 Å². The van der Waals surface area contributed by atoms with E-state index in [1.54, 1.807) is 25.5 Å². The molecule has 4 aromatic rings. The van der Waals surface area contributed by atoms with Crippen LogP contribution in [0.5, 0.6) is 0 Å². The van der Waals surface area contributed by atoms with E-state index in [9.17, 15) is 13.6 Å². The lowest BCUT2D eigenvalue weighted by Gasteiger charge is -2.10. The zero-order valence-electron chi connectivity index (χ0n) is 15.9. The highest BCUT2D eigenvalue weighted by Gasteiger charge is 2.30. The summed E-state index contributed by atoms with van der Waals surface area (Å²) in [6.07, 6.45) is 3.70. The highest BCUT2D eigenvalue weighted by atomic mass is 19.3. The van der Waals surface area contributed by atoms with Gasteiger partial charge in [0.05, 0.1) is 0 Å². The summed E-state index contributed by atoms with van der Waals surface area (Å²) in [5.74, 6) is 1.39. The Kier molecular flexibility index (Phi) is 4.27. The first-order chi connectivity index (χ1) is 14.5. The first-order valence-electron chi connectivity index (χ1n) is 9.45. The largest absolute Gasteiger partial charge is 0.373 e. The lowest BCUT2D eigenvalue weighted by molar-refractivity contribution is -0.117. The summed E-state index contributed by atoms with van der Waals surface area (Å²) in [6, 6.07) is 4.58. The molecule has 2 N–H and O–H groups in total. The van der Waals surface area contributed by atoms with Gasteiger partial charge in [-0.3, -0.25) is 4.79 Å². The summed E-state index contributed by atoms with van der Waals surface area (Å²) in [4.78, 5) is 25.3. The summed E-state index contributed by atoms with van der Waals surface area (Å²) in [5, 5.41) is 11.7. The third kappa shape index (κ3) is 3.19. The number of aromatic nitrogens is 5. The Balaban J connectivity index is 1.63. The number of hydrogen-bond donors (Lipinski definition) is 2. The Labute approximate surface area is 169 Å². The smallest absolute Gasteiger partial charge is 0.265 e. The summed E-state index contributed by atoms with van der Waals surface area (Å²) in [7, 11) is 1.75. The van der Waals surface area contributed by atoms with Gasteiger partial charge in [-0.1, -0.05) is 0 Å². The van der Waals surface area contributed by atoms with Crippen LogP contribution in [0.4, 0.5) is 20.4 Å². The number of rotatable bonds is 5. The van der Waals surface area contributed by atoms with Gasteiger partial charge in [-0.25, -0.2) is 28.2 Å². The molecule has 1 aliphatic carbocycles. The van der Waals surface area contributed by atoms with Crippen molar-refractivity contribution in [1.29, 1.82) is 0 Å². The minimum absolute atomic E-state index is 0.0447. The van der Waals surface area contributed by atoms with Crippen LogP contribution in [0.2, 0.25) is 0 Å². The van der Waals surface area contributed by atoms with Crippen molar-refractivity contribution >= 4 is 34.0 Å². The molecule has 1 amide bonds. The van der Waals surface area contributed by atoms with Crippen molar-refractivity contribution in [2.45, 2.75) is 19.3 Å². The third-order valence-electron chi connectivity index (χ3n) is 5.05. The maximum Gasteiger partial charge on any atom is 0.265 e. The maximum atomic E-state index is 13.0. The van der Waals surface area contributed by atoms with E-state index in [-0.39, 0.29) is 17.4 Å². The van der Waals surface area contributed by atoms with E-state index in [2.05, 4.69) is 30.7 Å². The molecule has 0 aromatic carbocycles. The Hall–Kier alpha value is -3.69. The van der Waals surface area contributed by atoms with Gasteiger partial charge in [0.1, 0.15) is 11.6 Å². The van der Waals surface area contributed by atoms with E-state index < -0.39 is 6.43 Å². The van der Waals surface area contributed by atoms with Gasteiger partial charge < -0.3 is 10.6 Å². The topological polar surface area (TPSA) is 97.1 Å². The van der Waals surface area contributed by atoms with E-state index in [1.165, 1.54) is 22.8 Å². The SMILES string of the molecule is CNc1ncc(-c2nc3ccc(C(F)F)cn3n2)c2cc(NC(=O)C3CC3)ncc12. The number of hydrogen-bond acceptors (Lipinski definition) is 6. The molecule has 0 aliphatic heterocycles. The maximum absolute atomic E-state index is 13.0. The van der Waals surface area contributed by atoms with Gasteiger partial charge in [0.25, 0.3) is 6.43 Å². The predicted molar refractivity (Wildman–Crippen MR) is 107 cm³/mol. The zero-order chi connectivity index (χ0) is 20.8. The first kappa shape index (κ1) is 18.3. The van der Waals surface area contributed by atoms with Crippen molar-refractivity contribution < 1.29 is 13.6 Å². The minimum atomic E-state index is -2.59. The van der Waals surface area contributed by atoms with Crippen LogP contribution in [0.3, 0.4) is 0 Å². The Morgan fingerprint density at radius 3 is 2.77 bits per heavy atom. The van der Waals surface area contributed by atoms with E-state index in [0.29, 0.717) is 28.7 Å². The molecule has 5 rings (SSSR count). The number of halogens is 2. The van der Waals surface area contributed by atoms with Crippen molar-refractivity contribution in [2.24, 2.45) is 5.92 Å². The van der Waals surface area contributed by atoms with Crippen molar-refractivity contribution in [1.82, 2.24) is 24.6 Å². The first-order valence-corrected chi connectivity index (χ1v) is 9.45. The number of nitrogens with zero attached hydrogens (tertiary/aromatic N) is 5. The highest BCUT2D eigenvalue weighted by Crippen LogP contribution is 2.33. The standard InChI is InChI=1S/C20H17F2N7O/c1-23-18-13-7-24-15(26-20(30)10-2-3-10)6-12(13)14(8-25-18)19-27-16-5-4-11(17(21)22)9-29(16)28-19/h4-10,17H,2-3H2,1H3,(H,23,25)(H,24,26,30). The molecule has 152 valence electrons. The summed E-state index contributed by atoms with van der Waals surface area (Å²) < 4.78 is 27.3. The Bertz CT molecular complexity index is 1280. The summed E-state index contributed by atoms with van der Waals surface area (Å²) >= 11 is 0. The second kappa shape index (κ2) is 6.97. The van der Waals surface area contributed by atoms with Crippen molar-refractivity contribution in [3.05, 3.63) is 42.4 Å². The molecule has 1 fully saturated rings. The molecule has 30 heavy (non-hydrogen) atoms. The van der Waals surface area contributed by atoms with Crippen molar-refractivity contribution in [2.75, 3.05) is 17.7 Å². The van der Waals surface area contributed by atoms with Crippen LogP contribution in [0.1, 0.15) is 24.8 Å². The van der Waals surface area contributed by atoms with Gasteiger partial charge in [0, 0.05) is 53.5 Å². The van der Waals surface area contributed by atoms with Crippen molar-refractivity contribution in [3.63, 3.8) is 0 Å². The molecule has 0 spiro atoms. The van der Waals surface area contributed by atoms with Crippen LogP contribution < -0.4 is 10.6 Å². The molecule has 4 aromatic heterocycles. The summed E-state index contributed by atoms with van der Waals surface area (Å²) in [6.45, 7) is 0. The van der Waals surface area contributed by atoms with Crippen LogP contribution in [0.25, 0.3) is 27.8 Å². The molecule has 0 atom stereocenters. The number of alkyl halides is 2. The van der Waals surface area contributed by atoms with Crippen LogP contribution in [0.15, 0.2) is 36.8 Å². The average Bonchev–Trinajstić information content (AvgIpc) is 3.51. The molecule has 0 saturated heterocycles. The molecule has 1 saturated carbocycles. The fourth-order valence-electron chi connectivity index (χ4n) is 3.30. The molecular weight excluding hydrogens is 392 g/mol. The second-order valence-corrected chi connectivity index (χ2v) is 7.15. The van der Waals surface area contributed by atoms with Gasteiger partial charge in [-0.2, -0.15) is 0 Å². The van der Waals surface area contributed by atoms with E-state index in [4.69, 9.17) is 0 Å². The summed E-state index contributed by atoms with van der Waals surface area (Å²) in [5.41, 5.74) is 0.911. The van der Waals surface area contributed by atoms with E-state index in [1.807, 2.05) is 0 Å². The fourth-order valence-corrected chi connectivity index (χ4v) is 3.30. The van der Waals surface area contributed by atoms with Crippen LogP contribution in [-0.4, -0.2) is 37.5 Å². The third-order valence-corrected chi connectivity index (χ3v) is 5.05. The molecule has 0 unspecified atom stereocenters. The van der Waals surface area contributed by atoms with Crippen LogP contribution in [-0.2, 0) is 4.79 Å². The number of pyridine rings is 3. The Morgan fingerprint density at radius 1 is 1.20 bits per heavy atom. The number of anilines is 2. The highest BCUT2D eigenvalue weighted by molar-refractivity contribution is 6.03. The molecule has 0 radical (unpaired) electrons. The normalized spacial score (nSPS) is 13.9. The Morgan fingerprint density at radius 2 is 2.03 bits per heavy atom. The quantitative estimate of drug-likeness (QED) is 0.522. The van der Waals surface area contributed by atoms with Gasteiger partial charge in [0.2, 0.25) is 5.91 Å². The molecule has 0 bridgehead atoms. The molecule has 10 heteroatoms. The van der Waals surface area contributed by atoms with Crippen molar-refractivity contribution in [3.8, 4) is 11.4 Å². The number of nitrogens with one attached hydrogen (secondary N) is 2. The fraction of sp³-hybridized carbons (Fsp3) is 0.250. The zero-order valence-corrected chi connectivity index (χ0v) is 15.9. The van der Waals surface area contributed by atoms with Crippen LogP contribution in [0, 0.1) is 5.92 Å². The number of carbonyl (C=O) groups excluding carboxylic acids is 1. The van der Waals surface area contributed by atoms with Crippen LogP contribution >= 0.6 is 0 Å². The van der Waals surface area contributed by atoms with E-state index in [0.717, 1.165) is 23.6 Å². The number of carbonyl (C=O) groups is 1. The van der Waals surface area contributed by atoms with Gasteiger partial charge >= 0.3 is 0 Å². The number of fused-ring (bicyclic) bond motifs is 2. The molecule has 4 heterocycles. The lowest BCUT2D eigenvalue weighted by atomic mass is 10.1. The monoisotopic (exact) mass is 409 g/mol. The molecular formula is C20H17F2N7O. The average molecular weight is 409 g/mol.